The summed E-state index contributed by atoms with van der Waals surface area (Å²) in [4.78, 5) is 19.8. The van der Waals surface area contributed by atoms with Crippen molar-refractivity contribution >= 4 is 11.6 Å². The molecule has 1 aromatic heterocycles. The average Bonchev–Trinajstić information content (AvgIpc) is 3.10. The van der Waals surface area contributed by atoms with E-state index in [2.05, 4.69) is 9.80 Å². The molecule has 0 spiro atoms. The Morgan fingerprint density at radius 2 is 1.77 bits per heavy atom. The number of anilines is 1. The molecule has 1 amide bonds. The van der Waals surface area contributed by atoms with Gasteiger partial charge in [0.25, 0.3) is 5.91 Å². The lowest BCUT2D eigenvalue weighted by Gasteiger charge is -2.36. The lowest BCUT2D eigenvalue weighted by molar-refractivity contribution is 0.0697. The van der Waals surface area contributed by atoms with Crippen molar-refractivity contribution in [2.45, 2.75) is 18.9 Å². The summed E-state index contributed by atoms with van der Waals surface area (Å²) in [6.45, 7) is 6.33. The summed E-state index contributed by atoms with van der Waals surface area (Å²) >= 11 is 0. The first-order chi connectivity index (χ1) is 14.5. The molecule has 1 saturated heterocycles. The monoisotopic (exact) mass is 414 g/mol. The van der Waals surface area contributed by atoms with E-state index in [-0.39, 0.29) is 17.8 Å². The Hall–Kier alpha value is -2.38. The van der Waals surface area contributed by atoms with E-state index in [0.717, 1.165) is 75.5 Å². The van der Waals surface area contributed by atoms with Crippen LogP contribution in [0.3, 0.4) is 0 Å². The maximum atomic E-state index is 13.1. The summed E-state index contributed by atoms with van der Waals surface area (Å²) in [6, 6.07) is 6.74. The van der Waals surface area contributed by atoms with Crippen molar-refractivity contribution in [2.75, 3.05) is 57.8 Å². The summed E-state index contributed by atoms with van der Waals surface area (Å²) < 4.78 is 20.7. The minimum atomic E-state index is -0.195. The van der Waals surface area contributed by atoms with Gasteiger partial charge in [0.05, 0.1) is 11.7 Å². The van der Waals surface area contributed by atoms with E-state index in [0.29, 0.717) is 0 Å². The number of fused-ring (bicyclic) bond motifs is 1. The topological polar surface area (TPSA) is 41.0 Å². The van der Waals surface area contributed by atoms with Crippen molar-refractivity contribution in [1.82, 2.24) is 14.4 Å². The molecule has 2 aliphatic rings. The number of carbonyl (C=O) groups excluding carboxylic acids is 1. The van der Waals surface area contributed by atoms with Crippen molar-refractivity contribution in [1.29, 1.82) is 0 Å². The number of methoxy groups -OCH3 is 1. The quantitative estimate of drug-likeness (QED) is 0.729. The molecule has 30 heavy (non-hydrogen) atoms. The van der Waals surface area contributed by atoms with Gasteiger partial charge in [-0.1, -0.05) is 0 Å². The maximum absolute atomic E-state index is 13.1. The average molecular weight is 415 g/mol. The minimum absolute atomic E-state index is 0.0188. The lowest BCUT2D eigenvalue weighted by atomic mass is 10.1. The van der Waals surface area contributed by atoms with Crippen LogP contribution in [0.2, 0.25) is 0 Å². The molecule has 1 fully saturated rings. The molecule has 0 N–H and O–H groups in total. The second kappa shape index (κ2) is 9.18. The van der Waals surface area contributed by atoms with Crippen LogP contribution >= 0.6 is 0 Å². The number of piperazine rings is 1. The Balaban J connectivity index is 1.27. The van der Waals surface area contributed by atoms with Gasteiger partial charge in [-0.25, -0.2) is 4.39 Å². The van der Waals surface area contributed by atoms with Gasteiger partial charge in [-0.15, -0.1) is 0 Å². The Bertz CT molecular complexity index is 859. The van der Waals surface area contributed by atoms with Crippen LogP contribution in [0.5, 0.6) is 0 Å². The van der Waals surface area contributed by atoms with E-state index < -0.39 is 0 Å². The highest BCUT2D eigenvalue weighted by Crippen LogP contribution is 2.29. The fourth-order valence-electron chi connectivity index (χ4n) is 4.57. The second-order valence-corrected chi connectivity index (χ2v) is 8.26. The van der Waals surface area contributed by atoms with Crippen molar-refractivity contribution in [2.24, 2.45) is 7.05 Å². The molecule has 0 bridgehead atoms. The maximum Gasteiger partial charge on any atom is 0.255 e. The van der Waals surface area contributed by atoms with Crippen LogP contribution in [0.4, 0.5) is 10.1 Å². The molecule has 1 aromatic carbocycles. The largest absolute Gasteiger partial charge is 0.377 e. The van der Waals surface area contributed by atoms with Gasteiger partial charge < -0.3 is 19.1 Å². The first-order valence-electron chi connectivity index (χ1n) is 10.8. The van der Waals surface area contributed by atoms with Crippen LogP contribution < -0.4 is 4.90 Å². The predicted octanol–water partition coefficient (Wildman–Crippen LogP) is 2.91. The minimum Gasteiger partial charge on any atom is -0.377 e. The molecule has 0 aliphatic carbocycles. The zero-order valence-corrected chi connectivity index (χ0v) is 17.9. The number of hydrogen-bond donors (Lipinski definition) is 0. The SMILES string of the molecule is COC1CCN(CCCN2CCN(c3ccc(F)cc3)CC2)C(=O)c2cn(C)cc21. The van der Waals surface area contributed by atoms with Gasteiger partial charge in [-0.2, -0.15) is 0 Å². The van der Waals surface area contributed by atoms with Crippen LogP contribution in [-0.4, -0.2) is 73.2 Å². The number of rotatable bonds is 6. The highest BCUT2D eigenvalue weighted by atomic mass is 19.1. The Morgan fingerprint density at radius 1 is 1.03 bits per heavy atom. The van der Waals surface area contributed by atoms with E-state index in [1.807, 2.05) is 41.0 Å². The number of aromatic nitrogens is 1. The van der Waals surface area contributed by atoms with Gasteiger partial charge in [0.15, 0.2) is 0 Å². The number of aryl methyl sites for hydroxylation is 1. The zero-order valence-electron chi connectivity index (χ0n) is 17.9. The van der Waals surface area contributed by atoms with Crippen LogP contribution in [0.25, 0.3) is 0 Å². The van der Waals surface area contributed by atoms with Gasteiger partial charge in [-0.05, 0) is 43.7 Å². The number of benzene rings is 1. The van der Waals surface area contributed by atoms with Gasteiger partial charge in [0, 0.05) is 77.1 Å². The van der Waals surface area contributed by atoms with E-state index in [1.165, 1.54) is 12.1 Å². The highest BCUT2D eigenvalue weighted by Gasteiger charge is 2.29. The molecule has 7 heteroatoms. The fraction of sp³-hybridized carbons (Fsp3) is 0.522. The normalized spacial score (nSPS) is 20.4. The van der Waals surface area contributed by atoms with Crippen LogP contribution in [0.1, 0.15) is 34.9 Å². The predicted molar refractivity (Wildman–Crippen MR) is 115 cm³/mol. The fourth-order valence-corrected chi connectivity index (χ4v) is 4.57. The van der Waals surface area contributed by atoms with Crippen molar-refractivity contribution in [3.8, 4) is 0 Å². The Morgan fingerprint density at radius 3 is 2.47 bits per heavy atom. The standard InChI is InChI=1S/C23H31FN4O2/c1-25-16-20-21(17-25)23(29)28(11-8-22(20)30-2)10-3-9-26-12-14-27(15-13-26)19-6-4-18(24)5-7-19/h4-7,16-17,22H,3,8-15H2,1-2H3. The van der Waals surface area contributed by atoms with Crippen LogP contribution in [-0.2, 0) is 11.8 Å². The van der Waals surface area contributed by atoms with E-state index >= 15 is 0 Å². The lowest BCUT2D eigenvalue weighted by Crippen LogP contribution is -2.47. The first kappa shape index (κ1) is 20.9. The summed E-state index contributed by atoms with van der Waals surface area (Å²) in [5.41, 5.74) is 2.86. The van der Waals surface area contributed by atoms with Crippen LogP contribution in [0, 0.1) is 5.82 Å². The summed E-state index contributed by atoms with van der Waals surface area (Å²) in [5, 5.41) is 0. The van der Waals surface area contributed by atoms with E-state index in [9.17, 15) is 9.18 Å². The van der Waals surface area contributed by atoms with Gasteiger partial charge >= 0.3 is 0 Å². The summed E-state index contributed by atoms with van der Waals surface area (Å²) in [7, 11) is 3.66. The second-order valence-electron chi connectivity index (χ2n) is 8.26. The molecule has 1 atom stereocenters. The van der Waals surface area contributed by atoms with Gasteiger partial charge in [-0.3, -0.25) is 9.69 Å². The number of carbonyl (C=O) groups is 1. The molecule has 6 nitrogen and oxygen atoms in total. The Labute approximate surface area is 177 Å². The van der Waals surface area contributed by atoms with Crippen molar-refractivity contribution < 1.29 is 13.9 Å². The molecule has 162 valence electrons. The zero-order chi connectivity index (χ0) is 21.1. The summed E-state index contributed by atoms with van der Waals surface area (Å²) in [6.07, 6.45) is 5.69. The van der Waals surface area contributed by atoms with Crippen LogP contribution in [0.15, 0.2) is 36.7 Å². The van der Waals surface area contributed by atoms with Crippen molar-refractivity contribution in [3.05, 3.63) is 53.6 Å². The third-order valence-corrected chi connectivity index (χ3v) is 6.26. The molecule has 4 rings (SSSR count). The molecule has 2 aliphatic heterocycles. The number of halogens is 1. The molecule has 1 unspecified atom stereocenters. The third-order valence-electron chi connectivity index (χ3n) is 6.26. The number of amides is 1. The van der Waals surface area contributed by atoms with Gasteiger partial charge in [0.1, 0.15) is 5.82 Å². The van der Waals surface area contributed by atoms with Crippen molar-refractivity contribution in [3.63, 3.8) is 0 Å². The highest BCUT2D eigenvalue weighted by molar-refractivity contribution is 5.96. The molecular formula is C23H31FN4O2. The third kappa shape index (κ3) is 4.52. The molecule has 0 saturated carbocycles. The first-order valence-corrected chi connectivity index (χ1v) is 10.8. The van der Waals surface area contributed by atoms with E-state index in [1.54, 1.807) is 7.11 Å². The molecule has 2 aromatic rings. The molecule has 3 heterocycles. The number of ether oxygens (including phenoxy) is 1. The summed E-state index contributed by atoms with van der Waals surface area (Å²) in [5.74, 6) is -0.0776. The smallest absolute Gasteiger partial charge is 0.255 e. The molecule has 0 radical (unpaired) electrons. The Kier molecular flexibility index (Phi) is 6.39. The molecular weight excluding hydrogens is 383 g/mol. The van der Waals surface area contributed by atoms with E-state index in [4.69, 9.17) is 4.74 Å². The number of hydrogen-bond acceptors (Lipinski definition) is 4. The number of nitrogens with zero attached hydrogens (tertiary/aromatic N) is 4. The van der Waals surface area contributed by atoms with Gasteiger partial charge in [0.2, 0.25) is 0 Å².